The Bertz CT molecular complexity index is 1590. The van der Waals surface area contributed by atoms with Crippen molar-refractivity contribution in [2.24, 2.45) is 5.92 Å². The molecule has 14 heteroatoms. The van der Waals surface area contributed by atoms with Gasteiger partial charge in [0, 0.05) is 25.5 Å². The number of rotatable bonds is 7. The first-order valence-corrected chi connectivity index (χ1v) is 17.1. The van der Waals surface area contributed by atoms with Gasteiger partial charge in [-0.3, -0.25) is 4.72 Å². The van der Waals surface area contributed by atoms with Gasteiger partial charge in [0.2, 0.25) is 27.7 Å². The molecule has 1 aliphatic heterocycles. The van der Waals surface area contributed by atoms with Gasteiger partial charge in [0.25, 0.3) is 0 Å². The van der Waals surface area contributed by atoms with Gasteiger partial charge in [-0.1, -0.05) is 19.3 Å². The molecular weight excluding hydrogens is 618 g/mol. The van der Waals surface area contributed by atoms with Gasteiger partial charge in [-0.2, -0.15) is 4.39 Å². The quantitative estimate of drug-likeness (QED) is 0.275. The van der Waals surface area contributed by atoms with E-state index in [1.54, 1.807) is 23.1 Å². The number of amides is 1. The number of pyridine rings is 1. The van der Waals surface area contributed by atoms with Gasteiger partial charge < -0.3 is 20.1 Å². The topological polar surface area (TPSA) is 150 Å². The number of aromatic nitrogens is 3. The molecule has 3 heterocycles. The largest absolute Gasteiger partial charge is 0.444 e. The van der Waals surface area contributed by atoms with Crippen LogP contribution in [0.4, 0.5) is 25.2 Å². The minimum absolute atomic E-state index is 0.0187. The van der Waals surface area contributed by atoms with Crippen molar-refractivity contribution in [3.63, 3.8) is 0 Å². The van der Waals surface area contributed by atoms with E-state index in [0.29, 0.717) is 11.3 Å². The third-order valence-corrected chi connectivity index (χ3v) is 8.87. The van der Waals surface area contributed by atoms with Crippen LogP contribution in [-0.2, 0) is 14.8 Å². The Labute approximate surface area is 269 Å². The van der Waals surface area contributed by atoms with E-state index in [-0.39, 0.29) is 35.2 Å². The fraction of sp³-hybridized carbons (Fsp3) is 0.500. The molecule has 0 spiro atoms. The summed E-state index contributed by atoms with van der Waals surface area (Å²) in [5.41, 5.74) is 5.56. The minimum Gasteiger partial charge on any atom is -0.444 e. The molecule has 46 heavy (non-hydrogen) atoms. The molecule has 0 unspecified atom stereocenters. The lowest BCUT2D eigenvalue weighted by atomic mass is 9.91. The molecule has 1 saturated heterocycles. The Morgan fingerprint density at radius 2 is 1.67 bits per heavy atom. The number of sulfonamides is 1. The van der Waals surface area contributed by atoms with Crippen LogP contribution in [0.5, 0.6) is 11.6 Å². The first-order chi connectivity index (χ1) is 21.8. The van der Waals surface area contributed by atoms with Crippen LogP contribution in [0, 0.1) is 17.6 Å². The Kier molecular flexibility index (Phi) is 11.7. The van der Waals surface area contributed by atoms with Gasteiger partial charge in [-0.15, -0.1) is 0 Å². The molecule has 3 aromatic rings. The average Bonchev–Trinajstić information content (AvgIpc) is 3.01. The van der Waals surface area contributed by atoms with Crippen molar-refractivity contribution in [1.29, 1.82) is 0 Å². The normalized spacial score (nSPS) is 15.8. The Hall–Kier alpha value is -4.07. The van der Waals surface area contributed by atoms with E-state index in [9.17, 15) is 22.0 Å². The molecule has 1 aromatic carbocycles. The lowest BCUT2D eigenvalue weighted by molar-refractivity contribution is 0.0216. The number of ether oxygens (including phenoxy) is 2. The van der Waals surface area contributed by atoms with Crippen LogP contribution in [0.25, 0.3) is 11.3 Å². The van der Waals surface area contributed by atoms with E-state index in [0.717, 1.165) is 70.2 Å². The molecule has 3 N–H and O–H groups in total. The number of hydrogen-bond acceptors (Lipinski definition) is 9. The maximum absolute atomic E-state index is 14.8. The highest BCUT2D eigenvalue weighted by Crippen LogP contribution is 2.34. The van der Waals surface area contributed by atoms with Gasteiger partial charge in [0.05, 0.1) is 22.7 Å². The lowest BCUT2D eigenvalue weighted by Gasteiger charge is -2.29. The van der Waals surface area contributed by atoms with E-state index < -0.39 is 33.1 Å². The second kappa shape index (κ2) is 15.5. The van der Waals surface area contributed by atoms with Gasteiger partial charge >= 0.3 is 6.09 Å². The van der Waals surface area contributed by atoms with Crippen molar-refractivity contribution in [1.82, 2.24) is 19.9 Å². The van der Waals surface area contributed by atoms with Crippen molar-refractivity contribution in [3.05, 3.63) is 54.4 Å². The molecule has 5 rings (SSSR count). The summed E-state index contributed by atoms with van der Waals surface area (Å²) in [6.07, 6.45) is 10.8. The molecule has 0 radical (unpaired) electrons. The minimum atomic E-state index is -3.83. The molecule has 2 aromatic heterocycles. The third kappa shape index (κ3) is 10.2. The number of nitrogens with zero attached hydrogens (tertiary/aromatic N) is 4. The smallest absolute Gasteiger partial charge is 0.410 e. The molecule has 1 saturated carbocycles. The summed E-state index contributed by atoms with van der Waals surface area (Å²) in [6, 6.07) is 7.09. The number of carbonyl (C=O) groups excluding carboxylic acids is 1. The SMILES string of the molecule is CC(C)(C)OC(=O)N1CCCCC1.Nc1nccc(-c2cccnc2Oc2ccc(NS(=O)(=O)CC3CCCCC3)c(F)c2F)n1. The zero-order valence-corrected chi connectivity index (χ0v) is 27.3. The fourth-order valence-corrected chi connectivity index (χ4v) is 6.79. The van der Waals surface area contributed by atoms with Gasteiger partial charge in [0.1, 0.15) is 5.60 Å². The maximum atomic E-state index is 14.8. The molecule has 0 atom stereocenters. The highest BCUT2D eigenvalue weighted by Gasteiger charge is 2.25. The Morgan fingerprint density at radius 1 is 0.978 bits per heavy atom. The summed E-state index contributed by atoms with van der Waals surface area (Å²) < 4.78 is 67.4. The summed E-state index contributed by atoms with van der Waals surface area (Å²) >= 11 is 0. The Balaban J connectivity index is 0.000000310. The van der Waals surface area contributed by atoms with Crippen LogP contribution < -0.4 is 15.2 Å². The summed E-state index contributed by atoms with van der Waals surface area (Å²) in [6.45, 7) is 7.41. The number of nitrogens with two attached hydrogens (primary N) is 1. The highest BCUT2D eigenvalue weighted by molar-refractivity contribution is 7.92. The maximum Gasteiger partial charge on any atom is 0.410 e. The van der Waals surface area contributed by atoms with Gasteiger partial charge in [-0.05, 0) is 89.1 Å². The molecule has 0 bridgehead atoms. The van der Waals surface area contributed by atoms with Crippen molar-refractivity contribution in [2.45, 2.75) is 77.7 Å². The zero-order chi connectivity index (χ0) is 33.3. The molecule has 11 nitrogen and oxygen atoms in total. The van der Waals surface area contributed by atoms with E-state index >= 15 is 0 Å². The number of benzene rings is 1. The number of piperidine rings is 1. The first-order valence-electron chi connectivity index (χ1n) is 15.5. The second-order valence-corrected chi connectivity index (χ2v) is 14.2. The molecule has 2 aliphatic rings. The van der Waals surface area contributed by atoms with E-state index in [1.807, 2.05) is 20.8 Å². The predicted octanol–water partition coefficient (Wildman–Crippen LogP) is 6.92. The first kappa shape index (κ1) is 34.8. The summed E-state index contributed by atoms with van der Waals surface area (Å²) in [5.74, 6) is -3.25. The zero-order valence-electron chi connectivity index (χ0n) is 26.5. The highest BCUT2D eigenvalue weighted by atomic mass is 32.2. The predicted molar refractivity (Wildman–Crippen MR) is 172 cm³/mol. The molecular formula is C32H42F2N6O5S. The second-order valence-electron chi connectivity index (χ2n) is 12.4. The van der Waals surface area contributed by atoms with Gasteiger partial charge in [0.15, 0.2) is 11.6 Å². The average molecular weight is 661 g/mol. The van der Waals surface area contributed by atoms with Crippen molar-refractivity contribution < 1.29 is 31.5 Å². The number of likely N-dealkylation sites (tertiary alicyclic amines) is 1. The fourth-order valence-electron chi connectivity index (χ4n) is 5.26. The van der Waals surface area contributed by atoms with Crippen LogP contribution in [0.3, 0.4) is 0 Å². The van der Waals surface area contributed by atoms with Crippen LogP contribution in [0.1, 0.15) is 72.1 Å². The number of halogens is 2. The number of nitrogens with one attached hydrogen (secondary N) is 1. The lowest BCUT2D eigenvalue weighted by Crippen LogP contribution is -2.39. The van der Waals surface area contributed by atoms with Gasteiger partial charge in [-0.25, -0.2) is 32.6 Å². The van der Waals surface area contributed by atoms with E-state index in [1.165, 1.54) is 18.8 Å². The Morgan fingerprint density at radius 3 is 2.35 bits per heavy atom. The number of nitrogen functional groups attached to an aromatic ring is 1. The summed E-state index contributed by atoms with van der Waals surface area (Å²) in [7, 11) is -3.83. The van der Waals surface area contributed by atoms with Crippen molar-refractivity contribution in [2.75, 3.05) is 29.3 Å². The van der Waals surface area contributed by atoms with Crippen molar-refractivity contribution >= 4 is 27.8 Å². The molecule has 1 amide bonds. The number of anilines is 2. The number of hydrogen-bond donors (Lipinski definition) is 2. The standard InChI is InChI=1S/C22H23F2N5O3S.C10H19NO2/c23-19-17(29-33(30,31)13-14-5-2-1-3-6-14)8-9-18(20(19)24)32-21-15(7-4-11-26-21)16-10-12-27-22(25)28-16;1-10(2,3)13-9(12)11-7-5-4-6-8-11/h4,7-12,14,29H,1-3,5-6,13H2,(H2,25,27,28);4-8H2,1-3H3. The monoisotopic (exact) mass is 660 g/mol. The van der Waals surface area contributed by atoms with Crippen LogP contribution in [-0.4, -0.2) is 58.8 Å². The number of carbonyl (C=O) groups is 1. The van der Waals surface area contributed by atoms with Crippen molar-refractivity contribution in [3.8, 4) is 22.9 Å². The van der Waals surface area contributed by atoms with Crippen LogP contribution in [0.15, 0.2) is 42.7 Å². The third-order valence-electron chi connectivity index (χ3n) is 7.43. The van der Waals surface area contributed by atoms with E-state index in [4.69, 9.17) is 15.2 Å². The molecule has 1 aliphatic carbocycles. The molecule has 2 fully saturated rings. The van der Waals surface area contributed by atoms with E-state index in [2.05, 4.69) is 19.7 Å². The summed E-state index contributed by atoms with van der Waals surface area (Å²) in [5, 5.41) is 0. The molecule has 250 valence electrons. The van der Waals surface area contributed by atoms with Crippen LogP contribution >= 0.6 is 0 Å². The summed E-state index contributed by atoms with van der Waals surface area (Å²) in [4.78, 5) is 25.3. The van der Waals surface area contributed by atoms with Crippen LogP contribution in [0.2, 0.25) is 0 Å².